The summed E-state index contributed by atoms with van der Waals surface area (Å²) in [4.78, 5) is 12.4. The molecule has 1 amide bonds. The summed E-state index contributed by atoms with van der Waals surface area (Å²) < 4.78 is 0. The Bertz CT molecular complexity index is 746. The van der Waals surface area contributed by atoms with E-state index in [1.807, 2.05) is 36.4 Å². The topological polar surface area (TPSA) is 78.7 Å². The molecule has 1 N–H and O–H groups in total. The molecule has 2 aromatic rings. The number of nitrogens with one attached hydrogen (secondary N) is 1. The van der Waals surface area contributed by atoms with Gasteiger partial charge in [-0.25, -0.2) is 0 Å². The summed E-state index contributed by atoms with van der Waals surface area (Å²) in [5, 5.41) is 19.9. The first-order valence-electron chi connectivity index (χ1n) is 7.53. The van der Waals surface area contributed by atoms with Gasteiger partial charge in [-0.15, -0.1) is 0 Å². The van der Waals surface area contributed by atoms with Crippen molar-refractivity contribution in [2.45, 2.75) is 18.9 Å². The van der Waals surface area contributed by atoms with Crippen LogP contribution in [0.1, 0.15) is 30.1 Å². The number of hydrogen-bond acceptors (Lipinski definition) is 4. The maximum atomic E-state index is 12.4. The number of benzene rings is 1. The van der Waals surface area contributed by atoms with Gasteiger partial charge in [0, 0.05) is 6.20 Å². The number of carbonyl (C=O) groups excluding carboxylic acids is 1. The van der Waals surface area contributed by atoms with Crippen LogP contribution in [0.25, 0.3) is 6.08 Å². The molecular formula is C18H16N4O. The van der Waals surface area contributed by atoms with Gasteiger partial charge in [0.05, 0.1) is 11.7 Å². The average Bonchev–Trinajstić information content (AvgIpc) is 3.44. The van der Waals surface area contributed by atoms with Crippen LogP contribution >= 0.6 is 0 Å². The molecule has 23 heavy (non-hydrogen) atoms. The monoisotopic (exact) mass is 304 g/mol. The zero-order chi connectivity index (χ0) is 16.1. The molecule has 3 rings (SSSR count). The lowest BCUT2D eigenvalue weighted by molar-refractivity contribution is -0.117. The SMILES string of the molecule is N#C/C(=C\c1cccnn1)C(=O)NC(c1ccccc1)C1CC1. The number of aromatic nitrogens is 2. The fraction of sp³-hybridized carbons (Fsp3) is 0.222. The van der Waals surface area contributed by atoms with Crippen molar-refractivity contribution in [2.24, 2.45) is 5.92 Å². The number of carbonyl (C=O) groups is 1. The summed E-state index contributed by atoms with van der Waals surface area (Å²) in [6.07, 6.45) is 5.18. The summed E-state index contributed by atoms with van der Waals surface area (Å²) in [6.45, 7) is 0. The number of nitriles is 1. The summed E-state index contributed by atoms with van der Waals surface area (Å²) in [7, 11) is 0. The van der Waals surface area contributed by atoms with E-state index >= 15 is 0 Å². The van der Waals surface area contributed by atoms with Crippen molar-refractivity contribution in [3.8, 4) is 6.07 Å². The van der Waals surface area contributed by atoms with E-state index in [0.717, 1.165) is 18.4 Å². The average molecular weight is 304 g/mol. The van der Waals surface area contributed by atoms with E-state index in [9.17, 15) is 10.1 Å². The molecule has 1 aromatic heterocycles. The van der Waals surface area contributed by atoms with Crippen LogP contribution in [0, 0.1) is 17.2 Å². The van der Waals surface area contributed by atoms with E-state index in [1.165, 1.54) is 6.08 Å². The first kappa shape index (κ1) is 14.9. The molecule has 1 heterocycles. The first-order valence-corrected chi connectivity index (χ1v) is 7.53. The maximum absolute atomic E-state index is 12.4. The second kappa shape index (κ2) is 6.84. The molecule has 1 aromatic carbocycles. The van der Waals surface area contributed by atoms with Crippen molar-refractivity contribution in [3.63, 3.8) is 0 Å². The van der Waals surface area contributed by atoms with Crippen LogP contribution in [-0.4, -0.2) is 16.1 Å². The summed E-state index contributed by atoms with van der Waals surface area (Å²) in [5.74, 6) is 0.0664. The molecule has 0 bridgehead atoms. The summed E-state index contributed by atoms with van der Waals surface area (Å²) in [6, 6.07) is 15.2. The van der Waals surface area contributed by atoms with Gasteiger partial charge >= 0.3 is 0 Å². The Morgan fingerprint density at radius 3 is 2.65 bits per heavy atom. The lowest BCUT2D eigenvalue weighted by atomic mass is 10.0. The van der Waals surface area contributed by atoms with E-state index < -0.39 is 0 Å². The maximum Gasteiger partial charge on any atom is 0.262 e. The molecule has 1 aliphatic carbocycles. The van der Waals surface area contributed by atoms with Crippen LogP contribution in [0.2, 0.25) is 0 Å². The Hall–Kier alpha value is -3.00. The fourth-order valence-corrected chi connectivity index (χ4v) is 2.47. The van der Waals surface area contributed by atoms with Gasteiger partial charge in [0.2, 0.25) is 0 Å². The van der Waals surface area contributed by atoms with E-state index in [1.54, 1.807) is 18.3 Å². The Balaban J connectivity index is 1.79. The smallest absolute Gasteiger partial charge is 0.262 e. The number of hydrogen-bond donors (Lipinski definition) is 1. The van der Waals surface area contributed by atoms with Crippen molar-refractivity contribution in [1.82, 2.24) is 15.5 Å². The number of rotatable bonds is 5. The van der Waals surface area contributed by atoms with Gasteiger partial charge in [0.15, 0.2) is 0 Å². The van der Waals surface area contributed by atoms with Gasteiger partial charge in [-0.2, -0.15) is 15.5 Å². The van der Waals surface area contributed by atoms with Crippen LogP contribution in [0.5, 0.6) is 0 Å². The molecule has 0 aliphatic heterocycles. The van der Waals surface area contributed by atoms with E-state index in [-0.39, 0.29) is 17.5 Å². The molecule has 5 heteroatoms. The van der Waals surface area contributed by atoms with Crippen molar-refractivity contribution >= 4 is 12.0 Å². The van der Waals surface area contributed by atoms with Gasteiger partial charge < -0.3 is 5.32 Å². The van der Waals surface area contributed by atoms with Crippen LogP contribution in [0.15, 0.2) is 54.2 Å². The van der Waals surface area contributed by atoms with Crippen LogP contribution in [0.4, 0.5) is 0 Å². The third kappa shape index (κ3) is 3.80. The second-order valence-corrected chi connectivity index (χ2v) is 5.52. The molecule has 1 saturated carbocycles. The molecule has 0 radical (unpaired) electrons. The molecule has 1 aliphatic rings. The molecule has 1 atom stereocenters. The molecule has 0 spiro atoms. The van der Waals surface area contributed by atoms with Crippen molar-refractivity contribution in [2.75, 3.05) is 0 Å². The molecule has 1 fully saturated rings. The zero-order valence-corrected chi connectivity index (χ0v) is 12.5. The van der Waals surface area contributed by atoms with Crippen LogP contribution < -0.4 is 5.32 Å². The minimum Gasteiger partial charge on any atom is -0.344 e. The van der Waals surface area contributed by atoms with Gasteiger partial charge in [0.25, 0.3) is 5.91 Å². The Kier molecular flexibility index (Phi) is 4.44. The summed E-state index contributed by atoms with van der Waals surface area (Å²) >= 11 is 0. The molecular weight excluding hydrogens is 288 g/mol. The Morgan fingerprint density at radius 1 is 1.26 bits per heavy atom. The third-order valence-corrected chi connectivity index (χ3v) is 3.79. The zero-order valence-electron chi connectivity index (χ0n) is 12.5. The highest BCUT2D eigenvalue weighted by atomic mass is 16.1. The standard InChI is InChI=1S/C18H16N4O/c19-12-15(11-16-7-4-10-20-22-16)18(23)21-17(14-8-9-14)13-5-2-1-3-6-13/h1-7,10-11,14,17H,8-9H2,(H,21,23)/b15-11+. The van der Waals surface area contributed by atoms with Crippen molar-refractivity contribution in [1.29, 1.82) is 5.26 Å². The predicted molar refractivity (Wildman–Crippen MR) is 85.7 cm³/mol. The highest BCUT2D eigenvalue weighted by Gasteiger charge is 2.33. The van der Waals surface area contributed by atoms with Crippen molar-refractivity contribution in [3.05, 3.63) is 65.5 Å². The van der Waals surface area contributed by atoms with Gasteiger partial charge in [0.1, 0.15) is 11.6 Å². The molecule has 1 unspecified atom stereocenters. The predicted octanol–water partition coefficient (Wildman–Crippen LogP) is 2.65. The normalized spacial score (nSPS) is 15.5. The quantitative estimate of drug-likeness (QED) is 0.680. The van der Waals surface area contributed by atoms with Gasteiger partial charge in [-0.3, -0.25) is 4.79 Å². The lowest BCUT2D eigenvalue weighted by Gasteiger charge is -2.18. The highest BCUT2D eigenvalue weighted by molar-refractivity contribution is 6.01. The first-order chi connectivity index (χ1) is 11.3. The van der Waals surface area contributed by atoms with Gasteiger partial charge in [-0.1, -0.05) is 30.3 Å². The van der Waals surface area contributed by atoms with Crippen molar-refractivity contribution < 1.29 is 4.79 Å². The second-order valence-electron chi connectivity index (χ2n) is 5.52. The number of nitrogens with zero attached hydrogens (tertiary/aromatic N) is 3. The largest absolute Gasteiger partial charge is 0.344 e. The number of amides is 1. The van der Waals surface area contributed by atoms with E-state index in [4.69, 9.17) is 0 Å². The molecule has 114 valence electrons. The molecule has 0 saturated heterocycles. The fourth-order valence-electron chi connectivity index (χ4n) is 2.47. The van der Waals surface area contributed by atoms with E-state index in [0.29, 0.717) is 11.6 Å². The summed E-state index contributed by atoms with van der Waals surface area (Å²) in [5.41, 5.74) is 1.59. The highest BCUT2D eigenvalue weighted by Crippen LogP contribution is 2.41. The minimum atomic E-state index is -0.376. The van der Waals surface area contributed by atoms with Crippen LogP contribution in [0.3, 0.4) is 0 Å². The third-order valence-electron chi connectivity index (χ3n) is 3.79. The molecule has 5 nitrogen and oxygen atoms in total. The van der Waals surface area contributed by atoms with E-state index in [2.05, 4.69) is 15.5 Å². The Labute approximate surface area is 134 Å². The minimum absolute atomic E-state index is 0.0343. The Morgan fingerprint density at radius 2 is 2.04 bits per heavy atom. The van der Waals surface area contributed by atoms with Gasteiger partial charge in [-0.05, 0) is 42.5 Å². The van der Waals surface area contributed by atoms with Crippen LogP contribution in [-0.2, 0) is 4.79 Å². The lowest BCUT2D eigenvalue weighted by Crippen LogP contribution is -2.30.